The molecule has 1 saturated heterocycles. The van der Waals surface area contributed by atoms with Crippen molar-refractivity contribution in [3.8, 4) is 0 Å². The van der Waals surface area contributed by atoms with Crippen molar-refractivity contribution in [2.45, 2.75) is 19.0 Å². The third-order valence-electron chi connectivity index (χ3n) is 4.13. The fraction of sp³-hybridized carbons (Fsp3) is 0.294. The van der Waals surface area contributed by atoms with Crippen molar-refractivity contribution in [1.82, 2.24) is 10.2 Å². The first-order valence-corrected chi connectivity index (χ1v) is 8.39. The average Bonchev–Trinajstić information content (AvgIpc) is 3.18. The van der Waals surface area contributed by atoms with Gasteiger partial charge in [0.25, 0.3) is 5.91 Å². The quantitative estimate of drug-likeness (QED) is 0.858. The second kappa shape index (κ2) is 6.42. The van der Waals surface area contributed by atoms with E-state index in [1.165, 1.54) is 16.2 Å². The highest BCUT2D eigenvalue weighted by atomic mass is 32.1. The van der Waals surface area contributed by atoms with Gasteiger partial charge in [-0.25, -0.2) is 4.79 Å². The highest BCUT2D eigenvalue weighted by Gasteiger charge is 2.40. The Kier molecular flexibility index (Phi) is 4.34. The molecule has 1 N–H and O–H groups in total. The van der Waals surface area contributed by atoms with E-state index in [0.29, 0.717) is 6.54 Å². The van der Waals surface area contributed by atoms with Crippen LogP contribution in [0.3, 0.4) is 0 Å². The van der Waals surface area contributed by atoms with Crippen molar-refractivity contribution < 1.29 is 9.59 Å². The summed E-state index contributed by atoms with van der Waals surface area (Å²) in [6.07, 6.45) is 0. The van der Waals surface area contributed by atoms with Crippen LogP contribution in [-0.2, 0) is 4.79 Å². The van der Waals surface area contributed by atoms with Gasteiger partial charge in [0.05, 0.1) is 6.54 Å². The minimum absolute atomic E-state index is 0.0224. The highest BCUT2D eigenvalue weighted by molar-refractivity contribution is 7.10. The number of carbonyl (C=O) groups is 2. The number of hydrogen-bond donors (Lipinski definition) is 1. The molecule has 2 unspecified atom stereocenters. The van der Waals surface area contributed by atoms with Crippen LogP contribution in [0.1, 0.15) is 17.8 Å². The van der Waals surface area contributed by atoms with E-state index < -0.39 is 6.04 Å². The van der Waals surface area contributed by atoms with Crippen LogP contribution in [0.4, 0.5) is 10.5 Å². The number of anilines is 1. The molecule has 0 bridgehead atoms. The molecule has 0 radical (unpaired) electrons. The summed E-state index contributed by atoms with van der Waals surface area (Å²) in [6, 6.07) is 12.8. The van der Waals surface area contributed by atoms with Gasteiger partial charge in [0.15, 0.2) is 0 Å². The van der Waals surface area contributed by atoms with Crippen molar-refractivity contribution in [2.75, 3.05) is 18.5 Å². The summed E-state index contributed by atoms with van der Waals surface area (Å²) in [7, 11) is 1.97. The Morgan fingerprint density at radius 2 is 1.96 bits per heavy atom. The third-order valence-corrected chi connectivity index (χ3v) is 5.06. The maximum Gasteiger partial charge on any atom is 0.325 e. The lowest BCUT2D eigenvalue weighted by molar-refractivity contribution is -0.127. The summed E-state index contributed by atoms with van der Waals surface area (Å²) < 4.78 is 0. The first-order valence-electron chi connectivity index (χ1n) is 7.51. The number of benzene rings is 1. The number of amides is 3. The maximum absolute atomic E-state index is 12.5. The Hall–Kier alpha value is -2.34. The Labute approximate surface area is 139 Å². The molecule has 1 fully saturated rings. The second-order valence-electron chi connectivity index (χ2n) is 5.64. The van der Waals surface area contributed by atoms with Gasteiger partial charge in [-0.2, -0.15) is 0 Å². The smallest absolute Gasteiger partial charge is 0.325 e. The van der Waals surface area contributed by atoms with E-state index in [4.69, 9.17) is 0 Å². The predicted octanol–water partition coefficient (Wildman–Crippen LogP) is 2.87. The Balaban J connectivity index is 1.70. The second-order valence-corrected chi connectivity index (χ2v) is 6.62. The summed E-state index contributed by atoms with van der Waals surface area (Å²) >= 11 is 1.48. The number of hydrogen-bond acceptors (Lipinski definition) is 4. The number of nitrogens with zero attached hydrogens (tertiary/aromatic N) is 2. The highest BCUT2D eigenvalue weighted by Crippen LogP contribution is 2.26. The number of rotatable bonds is 5. The average molecular weight is 329 g/mol. The Morgan fingerprint density at radius 1 is 1.22 bits per heavy atom. The van der Waals surface area contributed by atoms with Crippen LogP contribution in [0, 0.1) is 0 Å². The molecule has 1 aromatic heterocycles. The standard InChI is InChI=1S/C17H19N3O2S/c1-12(19(2)13-7-4-3-5-8-13)11-20-16(21)15(18-17(20)22)14-9-6-10-23-14/h3-10,12,15H,11H2,1-2H3,(H,18,22). The number of carbonyl (C=O) groups excluding carboxylic acids is 2. The summed E-state index contributed by atoms with van der Waals surface area (Å²) in [6.45, 7) is 2.37. The number of likely N-dealkylation sites (N-methyl/N-ethyl adjacent to an activating group) is 1. The molecule has 2 atom stereocenters. The summed E-state index contributed by atoms with van der Waals surface area (Å²) in [5.41, 5.74) is 1.06. The van der Waals surface area contributed by atoms with E-state index in [2.05, 4.69) is 10.2 Å². The van der Waals surface area contributed by atoms with E-state index in [9.17, 15) is 9.59 Å². The molecule has 0 saturated carbocycles. The summed E-state index contributed by atoms with van der Waals surface area (Å²) in [4.78, 5) is 29.0. The number of thiophene rings is 1. The molecule has 1 aliphatic heterocycles. The van der Waals surface area contributed by atoms with Crippen molar-refractivity contribution in [2.24, 2.45) is 0 Å². The monoisotopic (exact) mass is 329 g/mol. The van der Waals surface area contributed by atoms with Gasteiger partial charge >= 0.3 is 6.03 Å². The molecule has 120 valence electrons. The fourth-order valence-corrected chi connectivity index (χ4v) is 3.41. The van der Waals surface area contributed by atoms with E-state index >= 15 is 0 Å². The van der Waals surface area contributed by atoms with Gasteiger partial charge in [0.1, 0.15) is 6.04 Å². The summed E-state index contributed by atoms with van der Waals surface area (Å²) in [5, 5.41) is 4.68. The molecular formula is C17H19N3O2S. The summed E-state index contributed by atoms with van der Waals surface area (Å²) in [5.74, 6) is -0.175. The predicted molar refractivity (Wildman–Crippen MR) is 91.6 cm³/mol. The molecule has 0 aliphatic carbocycles. The van der Waals surface area contributed by atoms with Gasteiger partial charge in [-0.05, 0) is 30.5 Å². The Bertz CT molecular complexity index is 687. The van der Waals surface area contributed by atoms with Crippen LogP contribution >= 0.6 is 11.3 Å². The first-order chi connectivity index (χ1) is 11.1. The van der Waals surface area contributed by atoms with Gasteiger partial charge in [-0.15, -0.1) is 11.3 Å². The van der Waals surface area contributed by atoms with E-state index in [0.717, 1.165) is 10.6 Å². The van der Waals surface area contributed by atoms with Crippen LogP contribution < -0.4 is 10.2 Å². The maximum atomic E-state index is 12.5. The largest absolute Gasteiger partial charge is 0.370 e. The third kappa shape index (κ3) is 3.07. The number of urea groups is 1. The molecule has 2 heterocycles. The van der Waals surface area contributed by atoms with Crippen molar-refractivity contribution in [1.29, 1.82) is 0 Å². The molecule has 23 heavy (non-hydrogen) atoms. The molecule has 3 amide bonds. The van der Waals surface area contributed by atoms with Crippen molar-refractivity contribution in [3.05, 3.63) is 52.7 Å². The Morgan fingerprint density at radius 3 is 2.61 bits per heavy atom. The molecular weight excluding hydrogens is 310 g/mol. The van der Waals surface area contributed by atoms with Crippen LogP contribution in [0.15, 0.2) is 47.8 Å². The topological polar surface area (TPSA) is 52.7 Å². The van der Waals surface area contributed by atoms with Gasteiger partial charge in [0, 0.05) is 23.7 Å². The molecule has 1 aliphatic rings. The molecule has 5 nitrogen and oxygen atoms in total. The SMILES string of the molecule is CC(CN1C(=O)NC(c2cccs2)C1=O)N(C)c1ccccc1. The molecule has 3 rings (SSSR count). The first kappa shape index (κ1) is 15.6. The van der Waals surface area contributed by atoms with E-state index in [-0.39, 0.29) is 18.0 Å². The van der Waals surface area contributed by atoms with Crippen LogP contribution in [0.2, 0.25) is 0 Å². The van der Waals surface area contributed by atoms with Crippen molar-refractivity contribution in [3.63, 3.8) is 0 Å². The van der Waals surface area contributed by atoms with Gasteiger partial charge in [-0.3, -0.25) is 9.69 Å². The lowest BCUT2D eigenvalue weighted by atomic mass is 10.2. The zero-order valence-corrected chi connectivity index (χ0v) is 13.9. The molecule has 2 aromatic rings. The van der Waals surface area contributed by atoms with Crippen LogP contribution in [-0.4, -0.2) is 36.5 Å². The van der Waals surface area contributed by atoms with Gasteiger partial charge in [-0.1, -0.05) is 24.3 Å². The fourth-order valence-electron chi connectivity index (χ4n) is 2.64. The van der Waals surface area contributed by atoms with Gasteiger partial charge in [0.2, 0.25) is 0 Å². The number of para-hydroxylation sites is 1. The number of nitrogens with one attached hydrogen (secondary N) is 1. The minimum Gasteiger partial charge on any atom is -0.370 e. The van der Waals surface area contributed by atoms with E-state index in [1.54, 1.807) is 0 Å². The van der Waals surface area contributed by atoms with Crippen LogP contribution in [0.25, 0.3) is 0 Å². The van der Waals surface area contributed by atoms with Crippen molar-refractivity contribution >= 4 is 29.0 Å². The molecule has 1 aromatic carbocycles. The zero-order valence-electron chi connectivity index (χ0n) is 13.1. The normalized spacial score (nSPS) is 18.9. The lowest BCUT2D eigenvalue weighted by Crippen LogP contribution is -2.43. The zero-order chi connectivity index (χ0) is 16.4. The number of imide groups is 1. The molecule has 6 heteroatoms. The van der Waals surface area contributed by atoms with Crippen LogP contribution in [0.5, 0.6) is 0 Å². The van der Waals surface area contributed by atoms with E-state index in [1.807, 2.05) is 61.8 Å². The lowest BCUT2D eigenvalue weighted by Gasteiger charge is -2.29. The minimum atomic E-state index is -0.545. The molecule has 0 spiro atoms. The van der Waals surface area contributed by atoms with Gasteiger partial charge < -0.3 is 10.2 Å².